The van der Waals surface area contributed by atoms with E-state index >= 15 is 0 Å². The minimum Gasteiger partial charge on any atom is -0.465 e. The van der Waals surface area contributed by atoms with Gasteiger partial charge in [-0.1, -0.05) is 0 Å². The van der Waals surface area contributed by atoms with Gasteiger partial charge in [-0.15, -0.1) is 0 Å². The van der Waals surface area contributed by atoms with Crippen LogP contribution in [0, 0.1) is 0 Å². The number of carbonyl (C=O) groups is 2. The lowest BCUT2D eigenvalue weighted by molar-refractivity contribution is -0.129. The molecule has 1 saturated heterocycles. The van der Waals surface area contributed by atoms with Gasteiger partial charge >= 0.3 is 5.97 Å². The molecule has 0 unspecified atom stereocenters. The molecule has 1 fully saturated rings. The van der Waals surface area contributed by atoms with Gasteiger partial charge in [-0.3, -0.25) is 4.79 Å². The lowest BCUT2D eigenvalue weighted by atomic mass is 10.0. The maximum Gasteiger partial charge on any atom is 0.337 e. The summed E-state index contributed by atoms with van der Waals surface area (Å²) in [6.45, 7) is 5.12. The van der Waals surface area contributed by atoms with E-state index < -0.39 is 0 Å². The van der Waals surface area contributed by atoms with Crippen LogP contribution in [0.25, 0.3) is 11.0 Å². The number of nitrogens with one attached hydrogen (secondary N) is 1. The summed E-state index contributed by atoms with van der Waals surface area (Å²) in [6, 6.07) is 6.03. The minimum atomic E-state index is -0.362. The molecule has 1 atom stereocenters. The number of fused-ring (bicyclic) bond motifs is 3. The third-order valence-corrected chi connectivity index (χ3v) is 5.67. The predicted molar refractivity (Wildman–Crippen MR) is 103 cm³/mol. The molecule has 0 spiro atoms. The highest BCUT2D eigenvalue weighted by Gasteiger charge is 2.26. The molecule has 28 heavy (non-hydrogen) atoms. The Labute approximate surface area is 163 Å². The van der Waals surface area contributed by atoms with Crippen LogP contribution in [0.15, 0.2) is 18.2 Å². The van der Waals surface area contributed by atoms with E-state index in [4.69, 9.17) is 9.47 Å². The van der Waals surface area contributed by atoms with E-state index in [1.165, 1.54) is 7.11 Å². The highest BCUT2D eigenvalue weighted by Crippen LogP contribution is 2.27. The number of aromatic nitrogens is 2. The summed E-state index contributed by atoms with van der Waals surface area (Å²) in [4.78, 5) is 29.8. The summed E-state index contributed by atoms with van der Waals surface area (Å²) in [7, 11) is 1.38. The Balaban J connectivity index is 1.48. The van der Waals surface area contributed by atoms with Crippen molar-refractivity contribution in [3.05, 3.63) is 29.6 Å². The van der Waals surface area contributed by atoms with E-state index in [1.807, 2.05) is 11.0 Å². The molecule has 1 amide bonds. The van der Waals surface area contributed by atoms with Gasteiger partial charge in [-0.05, 0) is 31.0 Å². The molecule has 2 aliphatic heterocycles. The molecule has 0 bridgehead atoms. The van der Waals surface area contributed by atoms with Gasteiger partial charge in [0.2, 0.25) is 5.91 Å². The Morgan fingerprint density at radius 3 is 2.82 bits per heavy atom. The van der Waals surface area contributed by atoms with Crippen molar-refractivity contribution in [2.24, 2.45) is 0 Å². The van der Waals surface area contributed by atoms with Crippen molar-refractivity contribution >= 4 is 22.9 Å². The standard InChI is InChI=1S/C20H26N4O4/c1-13(25)23-7-5-15(6-8-23)21-10-16-11-28-12-19-22-17-9-14(20(26)27-2)3-4-18(17)24(16)19/h3-4,9,15-16,21H,5-8,10-12H2,1-2H3/t16-/m0/s1. The molecule has 3 heterocycles. The largest absolute Gasteiger partial charge is 0.465 e. The van der Waals surface area contributed by atoms with E-state index in [0.29, 0.717) is 24.8 Å². The number of rotatable bonds is 4. The normalized spacial score (nSPS) is 20.2. The summed E-state index contributed by atoms with van der Waals surface area (Å²) in [5.74, 6) is 0.667. The predicted octanol–water partition coefficient (Wildman–Crippen LogP) is 1.49. The van der Waals surface area contributed by atoms with Crippen LogP contribution < -0.4 is 5.32 Å². The van der Waals surface area contributed by atoms with Crippen molar-refractivity contribution in [1.82, 2.24) is 19.8 Å². The van der Waals surface area contributed by atoms with Crippen molar-refractivity contribution < 1.29 is 19.1 Å². The number of benzene rings is 1. The van der Waals surface area contributed by atoms with Crippen molar-refractivity contribution in [1.29, 1.82) is 0 Å². The van der Waals surface area contributed by atoms with Crippen LogP contribution in [0.1, 0.15) is 42.0 Å². The van der Waals surface area contributed by atoms with Gasteiger partial charge in [0, 0.05) is 32.6 Å². The molecular weight excluding hydrogens is 360 g/mol. The molecule has 8 heteroatoms. The molecule has 0 radical (unpaired) electrons. The molecule has 2 aliphatic rings. The average molecular weight is 386 g/mol. The van der Waals surface area contributed by atoms with Gasteiger partial charge < -0.3 is 24.3 Å². The van der Waals surface area contributed by atoms with Crippen LogP contribution in [0.5, 0.6) is 0 Å². The molecule has 8 nitrogen and oxygen atoms in total. The maximum absolute atomic E-state index is 11.8. The van der Waals surface area contributed by atoms with E-state index in [1.54, 1.807) is 19.1 Å². The fourth-order valence-electron chi connectivity index (χ4n) is 4.11. The summed E-state index contributed by atoms with van der Waals surface area (Å²) in [5.41, 5.74) is 2.28. The van der Waals surface area contributed by atoms with Gasteiger partial charge in [0.25, 0.3) is 0 Å². The Kier molecular flexibility index (Phi) is 5.32. The first-order valence-corrected chi connectivity index (χ1v) is 9.72. The third-order valence-electron chi connectivity index (χ3n) is 5.67. The second-order valence-corrected chi connectivity index (χ2v) is 7.45. The van der Waals surface area contributed by atoms with E-state index in [2.05, 4.69) is 14.9 Å². The molecule has 0 saturated carbocycles. The zero-order valence-corrected chi connectivity index (χ0v) is 16.3. The van der Waals surface area contributed by atoms with Crippen molar-refractivity contribution in [2.75, 3.05) is 33.4 Å². The number of methoxy groups -OCH3 is 1. The number of imidazole rings is 1. The van der Waals surface area contributed by atoms with Gasteiger partial charge in [0.05, 0.1) is 36.4 Å². The van der Waals surface area contributed by atoms with Crippen LogP contribution in [0.2, 0.25) is 0 Å². The van der Waals surface area contributed by atoms with Crippen LogP contribution in [-0.2, 0) is 20.9 Å². The Bertz CT molecular complexity index is 886. The number of amides is 1. The third kappa shape index (κ3) is 3.62. The topological polar surface area (TPSA) is 85.7 Å². The number of nitrogens with zero attached hydrogens (tertiary/aromatic N) is 3. The maximum atomic E-state index is 11.8. The van der Waals surface area contributed by atoms with Gasteiger partial charge in [0.15, 0.2) is 0 Å². The summed E-state index contributed by atoms with van der Waals surface area (Å²) in [6.07, 6.45) is 1.93. The zero-order valence-electron chi connectivity index (χ0n) is 16.3. The molecular formula is C20H26N4O4. The molecule has 1 N–H and O–H groups in total. The van der Waals surface area contributed by atoms with Crippen molar-refractivity contribution in [2.45, 2.75) is 38.5 Å². The number of ether oxygens (including phenoxy) is 2. The zero-order chi connectivity index (χ0) is 19.7. The van der Waals surface area contributed by atoms with Crippen molar-refractivity contribution in [3.8, 4) is 0 Å². The first-order valence-electron chi connectivity index (χ1n) is 9.72. The fraction of sp³-hybridized carbons (Fsp3) is 0.550. The second kappa shape index (κ2) is 7.89. The smallest absolute Gasteiger partial charge is 0.337 e. The molecule has 2 aromatic rings. The van der Waals surface area contributed by atoms with Crippen molar-refractivity contribution in [3.63, 3.8) is 0 Å². The van der Waals surface area contributed by atoms with Crippen LogP contribution in [0.4, 0.5) is 0 Å². The van der Waals surface area contributed by atoms with Crippen LogP contribution in [-0.4, -0.2) is 65.7 Å². The summed E-state index contributed by atoms with van der Waals surface area (Å²) >= 11 is 0. The number of hydrogen-bond donors (Lipinski definition) is 1. The first kappa shape index (κ1) is 18.9. The van der Waals surface area contributed by atoms with E-state index in [-0.39, 0.29) is 17.9 Å². The first-order chi connectivity index (χ1) is 13.6. The molecule has 0 aliphatic carbocycles. The second-order valence-electron chi connectivity index (χ2n) is 7.45. The Hall–Kier alpha value is -2.45. The Morgan fingerprint density at radius 1 is 1.32 bits per heavy atom. The van der Waals surface area contributed by atoms with Gasteiger partial charge in [0.1, 0.15) is 12.4 Å². The number of piperidine rings is 1. The number of hydrogen-bond acceptors (Lipinski definition) is 6. The molecule has 1 aromatic heterocycles. The van der Waals surface area contributed by atoms with Crippen LogP contribution >= 0.6 is 0 Å². The average Bonchev–Trinajstić information content (AvgIpc) is 3.10. The molecule has 4 rings (SSSR count). The SMILES string of the molecule is COC(=O)c1ccc2c(c1)nc1n2[C@@H](CNC2CCN(C(C)=O)CC2)COC1. The minimum absolute atomic E-state index is 0.142. The molecule has 1 aromatic carbocycles. The number of likely N-dealkylation sites (tertiary alicyclic amines) is 1. The lowest BCUT2D eigenvalue weighted by Gasteiger charge is -2.33. The molecule has 150 valence electrons. The highest BCUT2D eigenvalue weighted by atomic mass is 16.5. The number of carbonyl (C=O) groups excluding carboxylic acids is 2. The van der Waals surface area contributed by atoms with E-state index in [9.17, 15) is 9.59 Å². The summed E-state index contributed by atoms with van der Waals surface area (Å²) < 4.78 is 12.8. The Morgan fingerprint density at radius 2 is 2.11 bits per heavy atom. The number of esters is 1. The highest BCUT2D eigenvalue weighted by molar-refractivity contribution is 5.93. The fourth-order valence-corrected chi connectivity index (χ4v) is 4.11. The van der Waals surface area contributed by atoms with Crippen LogP contribution in [0.3, 0.4) is 0 Å². The van der Waals surface area contributed by atoms with Gasteiger partial charge in [-0.2, -0.15) is 0 Å². The summed E-state index contributed by atoms with van der Waals surface area (Å²) in [5, 5.41) is 3.64. The monoisotopic (exact) mass is 386 g/mol. The quantitative estimate of drug-likeness (QED) is 0.802. The lowest BCUT2D eigenvalue weighted by Crippen LogP contribution is -2.46. The van der Waals surface area contributed by atoms with Gasteiger partial charge in [-0.25, -0.2) is 9.78 Å². The van der Waals surface area contributed by atoms with E-state index in [0.717, 1.165) is 49.3 Å².